The molecular formula is C18H18N4O4. The molecule has 26 heavy (non-hydrogen) atoms. The monoisotopic (exact) mass is 354 g/mol. The van der Waals surface area contributed by atoms with Crippen LogP contribution in [0, 0.1) is 17.0 Å². The number of piperazine rings is 1. The number of nitro benzene ring substituents is 1. The van der Waals surface area contributed by atoms with Gasteiger partial charge in [0.25, 0.3) is 11.6 Å². The number of nitro groups is 1. The van der Waals surface area contributed by atoms with E-state index >= 15 is 0 Å². The molecule has 2 N–H and O–H groups in total. The van der Waals surface area contributed by atoms with Gasteiger partial charge < -0.3 is 15.5 Å². The van der Waals surface area contributed by atoms with Crippen molar-refractivity contribution < 1.29 is 14.5 Å². The third kappa shape index (κ3) is 3.80. The zero-order valence-electron chi connectivity index (χ0n) is 14.2. The van der Waals surface area contributed by atoms with E-state index in [0.29, 0.717) is 29.9 Å². The number of carbonyl (C=O) groups excluding carboxylic acids is 2. The lowest BCUT2D eigenvalue weighted by atomic mass is 10.1. The molecule has 0 radical (unpaired) electrons. The summed E-state index contributed by atoms with van der Waals surface area (Å²) in [4.78, 5) is 36.1. The Balaban J connectivity index is 1.69. The molecule has 0 bridgehead atoms. The van der Waals surface area contributed by atoms with Crippen molar-refractivity contribution >= 4 is 28.9 Å². The maximum atomic E-state index is 12.3. The number of aryl methyl sites for hydroxylation is 1. The SMILES string of the molecule is Cc1cc(C(=O)Nc2ccc(N3CCNC(=O)C3)cc2)ccc1[N+](=O)[O-]. The van der Waals surface area contributed by atoms with Gasteiger partial charge in [0.05, 0.1) is 11.5 Å². The maximum Gasteiger partial charge on any atom is 0.272 e. The highest BCUT2D eigenvalue weighted by Gasteiger charge is 2.17. The van der Waals surface area contributed by atoms with Crippen LogP contribution >= 0.6 is 0 Å². The predicted molar refractivity (Wildman–Crippen MR) is 97.5 cm³/mol. The van der Waals surface area contributed by atoms with Gasteiger partial charge >= 0.3 is 0 Å². The fraction of sp³-hybridized carbons (Fsp3) is 0.222. The molecule has 3 rings (SSSR count). The molecule has 0 atom stereocenters. The number of hydrogen-bond donors (Lipinski definition) is 2. The lowest BCUT2D eigenvalue weighted by Crippen LogP contribution is -2.47. The molecule has 2 aromatic carbocycles. The van der Waals surface area contributed by atoms with E-state index in [4.69, 9.17) is 0 Å². The second-order valence-corrected chi connectivity index (χ2v) is 6.03. The Hall–Kier alpha value is -3.42. The quantitative estimate of drug-likeness (QED) is 0.646. The van der Waals surface area contributed by atoms with E-state index in [1.165, 1.54) is 18.2 Å². The van der Waals surface area contributed by atoms with Crippen LogP contribution in [0.25, 0.3) is 0 Å². The molecule has 1 saturated heterocycles. The summed E-state index contributed by atoms with van der Waals surface area (Å²) >= 11 is 0. The largest absolute Gasteiger partial charge is 0.360 e. The molecule has 0 saturated carbocycles. The number of anilines is 2. The molecule has 8 nitrogen and oxygen atoms in total. The van der Waals surface area contributed by atoms with E-state index < -0.39 is 4.92 Å². The fourth-order valence-electron chi connectivity index (χ4n) is 2.82. The Bertz CT molecular complexity index is 864. The van der Waals surface area contributed by atoms with Crippen molar-refractivity contribution in [2.75, 3.05) is 29.9 Å². The molecule has 134 valence electrons. The van der Waals surface area contributed by atoms with Crippen molar-refractivity contribution in [3.05, 3.63) is 63.7 Å². The highest BCUT2D eigenvalue weighted by atomic mass is 16.6. The van der Waals surface area contributed by atoms with E-state index in [1.807, 2.05) is 17.0 Å². The zero-order valence-corrected chi connectivity index (χ0v) is 14.2. The smallest absolute Gasteiger partial charge is 0.272 e. The van der Waals surface area contributed by atoms with Crippen molar-refractivity contribution in [2.24, 2.45) is 0 Å². The molecule has 1 aliphatic rings. The highest BCUT2D eigenvalue weighted by molar-refractivity contribution is 6.04. The van der Waals surface area contributed by atoms with Gasteiger partial charge in [-0.3, -0.25) is 19.7 Å². The number of benzene rings is 2. The number of nitrogens with zero attached hydrogens (tertiary/aromatic N) is 2. The van der Waals surface area contributed by atoms with E-state index in [9.17, 15) is 19.7 Å². The van der Waals surface area contributed by atoms with Crippen LogP contribution in [-0.2, 0) is 4.79 Å². The molecular weight excluding hydrogens is 336 g/mol. The van der Waals surface area contributed by atoms with E-state index in [2.05, 4.69) is 10.6 Å². The van der Waals surface area contributed by atoms with Gasteiger partial charge in [-0.15, -0.1) is 0 Å². The first-order chi connectivity index (χ1) is 12.4. The Labute approximate surface area is 150 Å². The van der Waals surface area contributed by atoms with Crippen molar-refractivity contribution in [1.29, 1.82) is 0 Å². The van der Waals surface area contributed by atoms with Gasteiger partial charge in [0.1, 0.15) is 0 Å². The molecule has 0 unspecified atom stereocenters. The molecule has 0 aliphatic carbocycles. The van der Waals surface area contributed by atoms with Crippen LogP contribution in [0.5, 0.6) is 0 Å². The van der Waals surface area contributed by atoms with Crippen molar-refractivity contribution in [3.63, 3.8) is 0 Å². The second kappa shape index (κ2) is 7.22. The summed E-state index contributed by atoms with van der Waals surface area (Å²) in [5.41, 5.74) is 2.28. The Morgan fingerprint density at radius 2 is 1.96 bits per heavy atom. The molecule has 1 aliphatic heterocycles. The Morgan fingerprint density at radius 1 is 1.23 bits per heavy atom. The molecule has 2 amide bonds. The number of nitrogens with one attached hydrogen (secondary N) is 2. The normalized spacial score (nSPS) is 13.9. The average Bonchev–Trinajstić information content (AvgIpc) is 2.62. The van der Waals surface area contributed by atoms with Gasteiger partial charge in [-0.1, -0.05) is 0 Å². The van der Waals surface area contributed by atoms with Gasteiger partial charge in [-0.25, -0.2) is 0 Å². The van der Waals surface area contributed by atoms with Crippen LogP contribution in [0.3, 0.4) is 0 Å². The summed E-state index contributed by atoms with van der Waals surface area (Å²) in [6, 6.07) is 11.5. The summed E-state index contributed by atoms with van der Waals surface area (Å²) < 4.78 is 0. The minimum atomic E-state index is -0.476. The maximum absolute atomic E-state index is 12.3. The summed E-state index contributed by atoms with van der Waals surface area (Å²) in [5.74, 6) is -0.352. The summed E-state index contributed by atoms with van der Waals surface area (Å²) in [5, 5.41) is 16.4. The predicted octanol–water partition coefficient (Wildman–Crippen LogP) is 2.09. The van der Waals surface area contributed by atoms with Crippen LogP contribution in [0.4, 0.5) is 17.1 Å². The molecule has 8 heteroatoms. The standard InChI is InChI=1S/C18H18N4O4/c1-12-10-13(2-7-16(12)22(25)26)18(24)20-14-3-5-15(6-4-14)21-9-8-19-17(23)11-21/h2-7,10H,8-9,11H2,1H3,(H,19,23)(H,20,24). The summed E-state index contributed by atoms with van der Waals surface area (Å²) in [6.07, 6.45) is 0. The Morgan fingerprint density at radius 3 is 2.58 bits per heavy atom. The van der Waals surface area contributed by atoms with Crippen LogP contribution in [0.1, 0.15) is 15.9 Å². The minimum absolute atomic E-state index is 0.0119. The number of amides is 2. The van der Waals surface area contributed by atoms with Crippen molar-refractivity contribution in [3.8, 4) is 0 Å². The summed E-state index contributed by atoms with van der Waals surface area (Å²) in [6.45, 7) is 3.25. The van der Waals surface area contributed by atoms with Crippen LogP contribution < -0.4 is 15.5 Å². The first kappa shape index (κ1) is 17.4. The van der Waals surface area contributed by atoms with Gasteiger partial charge in [0, 0.05) is 41.7 Å². The lowest BCUT2D eigenvalue weighted by Gasteiger charge is -2.28. The highest BCUT2D eigenvalue weighted by Crippen LogP contribution is 2.21. The lowest BCUT2D eigenvalue weighted by molar-refractivity contribution is -0.385. The van der Waals surface area contributed by atoms with E-state index in [-0.39, 0.29) is 17.5 Å². The molecule has 1 fully saturated rings. The molecule has 0 aromatic heterocycles. The van der Waals surface area contributed by atoms with Crippen LogP contribution in [0.15, 0.2) is 42.5 Å². The van der Waals surface area contributed by atoms with Gasteiger partial charge in [0.15, 0.2) is 0 Å². The van der Waals surface area contributed by atoms with Gasteiger partial charge in [-0.2, -0.15) is 0 Å². The first-order valence-electron chi connectivity index (χ1n) is 8.12. The third-order valence-electron chi connectivity index (χ3n) is 4.18. The van der Waals surface area contributed by atoms with Crippen LogP contribution in [0.2, 0.25) is 0 Å². The molecule has 2 aromatic rings. The van der Waals surface area contributed by atoms with Crippen molar-refractivity contribution in [1.82, 2.24) is 5.32 Å². The number of carbonyl (C=O) groups is 2. The van der Waals surface area contributed by atoms with E-state index in [0.717, 1.165) is 12.2 Å². The van der Waals surface area contributed by atoms with E-state index in [1.54, 1.807) is 19.1 Å². The summed E-state index contributed by atoms with van der Waals surface area (Å²) in [7, 11) is 0. The number of hydrogen-bond acceptors (Lipinski definition) is 5. The zero-order chi connectivity index (χ0) is 18.7. The Kier molecular flexibility index (Phi) is 4.83. The molecule has 1 heterocycles. The van der Waals surface area contributed by atoms with Crippen molar-refractivity contribution in [2.45, 2.75) is 6.92 Å². The van der Waals surface area contributed by atoms with Crippen LogP contribution in [-0.4, -0.2) is 36.4 Å². The van der Waals surface area contributed by atoms with Gasteiger partial charge in [0.2, 0.25) is 5.91 Å². The number of rotatable bonds is 4. The average molecular weight is 354 g/mol. The molecule has 0 spiro atoms. The topological polar surface area (TPSA) is 105 Å². The fourth-order valence-corrected chi connectivity index (χ4v) is 2.82. The van der Waals surface area contributed by atoms with Gasteiger partial charge in [-0.05, 0) is 43.3 Å². The minimum Gasteiger partial charge on any atom is -0.360 e. The second-order valence-electron chi connectivity index (χ2n) is 6.03. The first-order valence-corrected chi connectivity index (χ1v) is 8.12. The third-order valence-corrected chi connectivity index (χ3v) is 4.18.